The van der Waals surface area contributed by atoms with Crippen LogP contribution in [0.1, 0.15) is 26.3 Å². The van der Waals surface area contributed by atoms with Gasteiger partial charge >= 0.3 is 5.97 Å². The van der Waals surface area contributed by atoms with Crippen molar-refractivity contribution >= 4 is 18.1 Å². The Morgan fingerprint density at radius 3 is 2.26 bits per heavy atom. The molecule has 27 heavy (non-hydrogen) atoms. The number of carbonyl (C=O) groups is 2. The molecule has 0 unspecified atom stereocenters. The summed E-state index contributed by atoms with van der Waals surface area (Å²) in [5, 5.41) is 3.89. The first-order valence-electron chi connectivity index (χ1n) is 8.09. The number of hydrogen-bond donors (Lipinski definition) is 1. The quantitative estimate of drug-likeness (QED) is 0.325. The van der Waals surface area contributed by atoms with Crippen LogP contribution in [0, 0.1) is 5.82 Å². The summed E-state index contributed by atoms with van der Waals surface area (Å²) in [5.41, 5.74) is 3.49. The monoisotopic (exact) mass is 362 g/mol. The average molecular weight is 362 g/mol. The first kappa shape index (κ1) is 18.0. The van der Waals surface area contributed by atoms with E-state index in [4.69, 9.17) is 4.74 Å². The van der Waals surface area contributed by atoms with Gasteiger partial charge in [-0.3, -0.25) is 4.79 Å². The Labute approximate surface area is 155 Å². The number of nitrogens with zero attached hydrogens (tertiary/aromatic N) is 1. The molecule has 0 saturated heterocycles. The largest absolute Gasteiger partial charge is 0.423 e. The Balaban J connectivity index is 1.58. The lowest BCUT2D eigenvalue weighted by Gasteiger charge is -2.05. The van der Waals surface area contributed by atoms with Crippen LogP contribution in [0.3, 0.4) is 0 Å². The normalized spacial score (nSPS) is 10.6. The molecule has 1 amide bonds. The van der Waals surface area contributed by atoms with Gasteiger partial charge in [0.15, 0.2) is 0 Å². The molecule has 0 heterocycles. The highest BCUT2D eigenvalue weighted by Gasteiger charge is 2.13. The molecule has 3 aromatic rings. The van der Waals surface area contributed by atoms with Crippen LogP contribution in [0.25, 0.3) is 0 Å². The van der Waals surface area contributed by atoms with Crippen molar-refractivity contribution < 1.29 is 18.7 Å². The lowest BCUT2D eigenvalue weighted by molar-refractivity contribution is 0.0729. The van der Waals surface area contributed by atoms with E-state index in [0.717, 1.165) is 0 Å². The van der Waals surface area contributed by atoms with Gasteiger partial charge in [0.2, 0.25) is 0 Å². The number of hydrogen-bond acceptors (Lipinski definition) is 4. The summed E-state index contributed by atoms with van der Waals surface area (Å²) >= 11 is 0. The number of ether oxygens (including phenoxy) is 1. The van der Waals surface area contributed by atoms with Crippen molar-refractivity contribution in [1.82, 2.24) is 5.43 Å². The standard InChI is InChI=1S/C21H15FN2O3/c22-19-9-5-4-8-18(19)21(26)27-17-12-10-15(11-13-17)14-23-24-20(25)16-6-2-1-3-7-16/h1-14H,(H,24,25)/b23-14+. The Hall–Kier alpha value is -3.80. The fourth-order valence-corrected chi connectivity index (χ4v) is 2.23. The summed E-state index contributed by atoms with van der Waals surface area (Å²) in [6, 6.07) is 20.7. The zero-order valence-corrected chi connectivity index (χ0v) is 14.1. The summed E-state index contributed by atoms with van der Waals surface area (Å²) in [5.74, 6) is -1.46. The highest BCUT2D eigenvalue weighted by atomic mass is 19.1. The van der Waals surface area contributed by atoms with Crippen LogP contribution < -0.4 is 10.2 Å². The molecule has 0 fully saturated rings. The molecule has 0 bridgehead atoms. The second kappa shape index (κ2) is 8.53. The molecule has 134 valence electrons. The number of halogens is 1. The van der Waals surface area contributed by atoms with Gasteiger partial charge in [-0.05, 0) is 54.1 Å². The average Bonchev–Trinajstić information content (AvgIpc) is 2.70. The second-order valence-electron chi connectivity index (χ2n) is 5.50. The van der Waals surface area contributed by atoms with Crippen LogP contribution in [0.4, 0.5) is 4.39 Å². The van der Waals surface area contributed by atoms with Crippen molar-refractivity contribution in [1.29, 1.82) is 0 Å². The number of hydrazone groups is 1. The topological polar surface area (TPSA) is 67.8 Å². The summed E-state index contributed by atoms with van der Waals surface area (Å²) in [6.07, 6.45) is 1.46. The maximum Gasteiger partial charge on any atom is 0.346 e. The van der Waals surface area contributed by atoms with Gasteiger partial charge in [0.1, 0.15) is 11.6 Å². The fourth-order valence-electron chi connectivity index (χ4n) is 2.23. The number of amides is 1. The zero-order chi connectivity index (χ0) is 19.1. The van der Waals surface area contributed by atoms with Gasteiger partial charge in [-0.15, -0.1) is 0 Å². The lowest BCUT2D eigenvalue weighted by atomic mass is 10.2. The van der Waals surface area contributed by atoms with Crippen molar-refractivity contribution in [2.75, 3.05) is 0 Å². The van der Waals surface area contributed by atoms with Gasteiger partial charge in [-0.1, -0.05) is 30.3 Å². The minimum atomic E-state index is -0.773. The zero-order valence-electron chi connectivity index (χ0n) is 14.1. The number of rotatable bonds is 5. The van der Waals surface area contributed by atoms with E-state index in [1.807, 2.05) is 6.07 Å². The van der Waals surface area contributed by atoms with Crippen molar-refractivity contribution in [3.8, 4) is 5.75 Å². The summed E-state index contributed by atoms with van der Waals surface area (Å²) in [7, 11) is 0. The first-order valence-corrected chi connectivity index (χ1v) is 8.09. The summed E-state index contributed by atoms with van der Waals surface area (Å²) in [4.78, 5) is 23.8. The van der Waals surface area contributed by atoms with Crippen molar-refractivity contribution in [3.63, 3.8) is 0 Å². The molecule has 0 aliphatic heterocycles. The van der Waals surface area contributed by atoms with E-state index in [0.29, 0.717) is 11.1 Å². The molecule has 1 N–H and O–H groups in total. The van der Waals surface area contributed by atoms with E-state index < -0.39 is 11.8 Å². The van der Waals surface area contributed by atoms with E-state index >= 15 is 0 Å². The summed E-state index contributed by atoms with van der Waals surface area (Å²) < 4.78 is 18.7. The minimum absolute atomic E-state index is 0.133. The maximum atomic E-state index is 13.6. The predicted octanol–water partition coefficient (Wildman–Crippen LogP) is 3.81. The van der Waals surface area contributed by atoms with Crippen LogP contribution in [-0.4, -0.2) is 18.1 Å². The maximum absolute atomic E-state index is 13.6. The third-order valence-corrected chi connectivity index (χ3v) is 3.60. The van der Waals surface area contributed by atoms with E-state index in [1.165, 1.54) is 24.4 Å². The van der Waals surface area contributed by atoms with Crippen molar-refractivity contribution in [2.45, 2.75) is 0 Å². The molecule has 0 radical (unpaired) electrons. The van der Waals surface area contributed by atoms with Crippen molar-refractivity contribution in [3.05, 3.63) is 101 Å². The van der Waals surface area contributed by atoms with Gasteiger partial charge in [0.25, 0.3) is 5.91 Å². The molecule has 3 aromatic carbocycles. The molecule has 0 aliphatic carbocycles. The Bertz CT molecular complexity index is 970. The lowest BCUT2D eigenvalue weighted by Crippen LogP contribution is -2.17. The molecule has 0 aromatic heterocycles. The number of nitrogens with one attached hydrogen (secondary N) is 1. The molecular weight excluding hydrogens is 347 g/mol. The highest BCUT2D eigenvalue weighted by molar-refractivity contribution is 5.95. The van der Waals surface area contributed by atoms with Gasteiger partial charge in [-0.2, -0.15) is 5.10 Å². The molecule has 6 heteroatoms. The van der Waals surface area contributed by atoms with Crippen molar-refractivity contribution in [2.24, 2.45) is 5.10 Å². The van der Waals surface area contributed by atoms with Crippen LogP contribution in [0.5, 0.6) is 5.75 Å². The molecule has 3 rings (SSSR count). The molecule has 0 aliphatic rings. The van der Waals surface area contributed by atoms with E-state index in [2.05, 4.69) is 10.5 Å². The van der Waals surface area contributed by atoms with E-state index in [1.54, 1.807) is 54.6 Å². The van der Waals surface area contributed by atoms with Gasteiger partial charge in [0, 0.05) is 5.56 Å². The smallest absolute Gasteiger partial charge is 0.346 e. The van der Waals surface area contributed by atoms with Gasteiger partial charge in [-0.25, -0.2) is 14.6 Å². The predicted molar refractivity (Wildman–Crippen MR) is 99.3 cm³/mol. The highest BCUT2D eigenvalue weighted by Crippen LogP contribution is 2.15. The van der Waals surface area contributed by atoms with Crippen LogP contribution in [0.2, 0.25) is 0 Å². The second-order valence-corrected chi connectivity index (χ2v) is 5.50. The molecule has 0 atom stereocenters. The van der Waals surface area contributed by atoms with Gasteiger partial charge in [0.05, 0.1) is 11.8 Å². The fraction of sp³-hybridized carbons (Fsp3) is 0. The molecular formula is C21H15FN2O3. The van der Waals surface area contributed by atoms with E-state index in [9.17, 15) is 14.0 Å². The number of benzene rings is 3. The third kappa shape index (κ3) is 4.85. The minimum Gasteiger partial charge on any atom is -0.423 e. The molecule has 0 spiro atoms. The Kier molecular flexibility index (Phi) is 5.69. The summed E-state index contributed by atoms with van der Waals surface area (Å²) in [6.45, 7) is 0. The third-order valence-electron chi connectivity index (χ3n) is 3.60. The SMILES string of the molecule is O=C(N/N=C/c1ccc(OC(=O)c2ccccc2F)cc1)c1ccccc1. The molecule has 0 saturated carbocycles. The van der Waals surface area contributed by atoms with Gasteiger partial charge < -0.3 is 4.74 Å². The Morgan fingerprint density at radius 1 is 0.889 bits per heavy atom. The molecule has 5 nitrogen and oxygen atoms in total. The van der Waals surface area contributed by atoms with Crippen LogP contribution >= 0.6 is 0 Å². The number of carbonyl (C=O) groups excluding carboxylic acids is 2. The van der Waals surface area contributed by atoms with E-state index in [-0.39, 0.29) is 17.2 Å². The number of esters is 1. The Morgan fingerprint density at radius 2 is 1.56 bits per heavy atom. The van der Waals surface area contributed by atoms with Crippen LogP contribution in [0.15, 0.2) is 84.0 Å². The first-order chi connectivity index (χ1) is 13.1. The van der Waals surface area contributed by atoms with Crippen LogP contribution in [-0.2, 0) is 0 Å².